The number of ether oxygens (including phenoxy) is 1. The van der Waals surface area contributed by atoms with Gasteiger partial charge in [0.2, 0.25) is 5.89 Å². The first-order valence-corrected chi connectivity index (χ1v) is 9.65. The van der Waals surface area contributed by atoms with E-state index in [4.69, 9.17) is 14.9 Å². The number of oxazole rings is 1. The van der Waals surface area contributed by atoms with Gasteiger partial charge in [0.25, 0.3) is 0 Å². The summed E-state index contributed by atoms with van der Waals surface area (Å²) in [6.45, 7) is 1.81. The van der Waals surface area contributed by atoms with Gasteiger partial charge in [-0.15, -0.1) is 0 Å². The molecule has 0 fully saturated rings. The molecule has 0 unspecified atom stereocenters. The van der Waals surface area contributed by atoms with Crippen LogP contribution in [-0.2, 0) is 6.42 Å². The van der Waals surface area contributed by atoms with Crippen LogP contribution in [0.3, 0.4) is 0 Å². The fourth-order valence-electron chi connectivity index (χ4n) is 3.08. The lowest BCUT2D eigenvalue weighted by Gasteiger charge is -2.21. The van der Waals surface area contributed by atoms with Crippen molar-refractivity contribution in [1.29, 1.82) is 0 Å². The van der Waals surface area contributed by atoms with Crippen molar-refractivity contribution in [1.82, 2.24) is 4.98 Å². The Balaban J connectivity index is 1.56. The monoisotopic (exact) mass is 388 g/mol. The molecule has 0 aliphatic heterocycles. The lowest BCUT2D eigenvalue weighted by atomic mass is 9.95. The van der Waals surface area contributed by atoms with Crippen LogP contribution in [0.1, 0.15) is 18.9 Å². The zero-order chi connectivity index (χ0) is 20.3. The van der Waals surface area contributed by atoms with Crippen LogP contribution < -0.4 is 10.5 Å². The second kappa shape index (κ2) is 8.07. The first-order valence-electron chi connectivity index (χ1n) is 9.65. The fraction of sp³-hybridized carbons (Fsp3) is 0.208. The Labute approximate surface area is 169 Å². The van der Waals surface area contributed by atoms with Crippen LogP contribution in [0, 0.1) is 0 Å². The number of rotatable bonds is 7. The van der Waals surface area contributed by atoms with Crippen LogP contribution in [0.2, 0.25) is 0 Å². The average Bonchev–Trinajstić information content (AvgIpc) is 3.17. The summed E-state index contributed by atoms with van der Waals surface area (Å²) >= 11 is 0. The highest BCUT2D eigenvalue weighted by Crippen LogP contribution is 2.29. The van der Waals surface area contributed by atoms with Crippen molar-refractivity contribution < 1.29 is 14.3 Å². The van der Waals surface area contributed by atoms with Crippen LogP contribution in [0.4, 0.5) is 0 Å². The van der Waals surface area contributed by atoms with Gasteiger partial charge in [-0.3, -0.25) is 0 Å². The quantitative estimate of drug-likeness (QED) is 0.469. The lowest BCUT2D eigenvalue weighted by molar-refractivity contribution is 0.200. The molecule has 4 rings (SSSR count). The highest BCUT2D eigenvalue weighted by atomic mass is 16.5. The van der Waals surface area contributed by atoms with E-state index < -0.39 is 5.54 Å². The maximum atomic E-state index is 9.33. The zero-order valence-corrected chi connectivity index (χ0v) is 16.3. The number of aliphatic hydroxyl groups is 1. The second-order valence-corrected chi connectivity index (χ2v) is 7.58. The fourth-order valence-corrected chi connectivity index (χ4v) is 3.08. The summed E-state index contributed by atoms with van der Waals surface area (Å²) in [6, 6.07) is 23.3. The summed E-state index contributed by atoms with van der Waals surface area (Å²) in [5.41, 5.74) is 8.95. The minimum atomic E-state index is -0.580. The van der Waals surface area contributed by atoms with Gasteiger partial charge in [-0.1, -0.05) is 30.3 Å². The van der Waals surface area contributed by atoms with E-state index in [9.17, 15) is 5.11 Å². The molecule has 0 spiro atoms. The molecule has 5 nitrogen and oxygen atoms in total. The number of benzene rings is 3. The molecule has 4 aromatic rings. The third-order valence-electron chi connectivity index (χ3n) is 4.86. The Bertz CT molecular complexity index is 1100. The van der Waals surface area contributed by atoms with Gasteiger partial charge in [0.1, 0.15) is 17.0 Å². The summed E-state index contributed by atoms with van der Waals surface area (Å²) in [6.07, 6.45) is 1.46. The third-order valence-corrected chi connectivity index (χ3v) is 4.86. The summed E-state index contributed by atoms with van der Waals surface area (Å²) in [7, 11) is 0. The van der Waals surface area contributed by atoms with Gasteiger partial charge in [-0.05, 0) is 67.8 Å². The SMILES string of the molecule is C[C@](N)(CO)CCc1ccc2oc(-c3cccc(Oc4ccccc4)c3)nc2c1. The van der Waals surface area contributed by atoms with E-state index in [0.29, 0.717) is 12.3 Å². The maximum Gasteiger partial charge on any atom is 0.227 e. The predicted octanol–water partition coefficient (Wildman–Crippen LogP) is 4.93. The van der Waals surface area contributed by atoms with E-state index >= 15 is 0 Å². The number of aryl methyl sites for hydroxylation is 1. The molecule has 0 aliphatic carbocycles. The molecule has 3 aromatic carbocycles. The van der Waals surface area contributed by atoms with Gasteiger partial charge in [-0.25, -0.2) is 4.98 Å². The Hall–Kier alpha value is -3.15. The van der Waals surface area contributed by atoms with Crippen LogP contribution in [0.5, 0.6) is 11.5 Å². The number of aromatic nitrogens is 1. The van der Waals surface area contributed by atoms with Crippen molar-refractivity contribution in [3.63, 3.8) is 0 Å². The smallest absolute Gasteiger partial charge is 0.227 e. The van der Waals surface area contributed by atoms with Crippen LogP contribution in [-0.4, -0.2) is 22.2 Å². The minimum absolute atomic E-state index is 0.0370. The number of nitrogens with zero attached hydrogens (tertiary/aromatic N) is 1. The summed E-state index contributed by atoms with van der Waals surface area (Å²) < 4.78 is 11.9. The van der Waals surface area contributed by atoms with Gasteiger partial charge in [-0.2, -0.15) is 0 Å². The van der Waals surface area contributed by atoms with Crippen molar-refractivity contribution >= 4 is 11.1 Å². The van der Waals surface area contributed by atoms with Gasteiger partial charge in [0.15, 0.2) is 5.58 Å². The Morgan fingerprint density at radius 3 is 2.59 bits per heavy atom. The molecule has 1 heterocycles. The number of hydrogen-bond acceptors (Lipinski definition) is 5. The van der Waals surface area contributed by atoms with Crippen molar-refractivity contribution in [2.75, 3.05) is 6.61 Å². The van der Waals surface area contributed by atoms with Gasteiger partial charge >= 0.3 is 0 Å². The molecular weight excluding hydrogens is 364 g/mol. The molecule has 29 heavy (non-hydrogen) atoms. The molecule has 3 N–H and O–H groups in total. The van der Waals surface area contributed by atoms with Gasteiger partial charge in [0, 0.05) is 11.1 Å². The molecule has 0 bridgehead atoms. The molecule has 0 radical (unpaired) electrons. The van der Waals surface area contributed by atoms with Crippen molar-refractivity contribution in [3.05, 3.63) is 78.4 Å². The van der Waals surface area contributed by atoms with E-state index in [0.717, 1.165) is 40.1 Å². The highest BCUT2D eigenvalue weighted by molar-refractivity contribution is 5.77. The third kappa shape index (κ3) is 4.65. The van der Waals surface area contributed by atoms with Crippen LogP contribution >= 0.6 is 0 Å². The minimum Gasteiger partial charge on any atom is -0.457 e. The van der Waals surface area contributed by atoms with Gasteiger partial charge < -0.3 is 20.0 Å². The zero-order valence-electron chi connectivity index (χ0n) is 16.3. The molecule has 0 saturated carbocycles. The molecule has 1 atom stereocenters. The average molecular weight is 388 g/mol. The predicted molar refractivity (Wildman–Crippen MR) is 114 cm³/mol. The standard InChI is InChI=1S/C24H24N2O3/c1-24(25,16-27)13-12-17-10-11-22-21(14-17)26-23(29-22)18-6-5-9-20(15-18)28-19-7-3-2-4-8-19/h2-11,14-15,27H,12-13,16,25H2,1H3/t24-/m1/s1. The lowest BCUT2D eigenvalue weighted by Crippen LogP contribution is -2.40. The maximum absolute atomic E-state index is 9.33. The number of aliphatic hydroxyl groups excluding tert-OH is 1. The van der Waals surface area contributed by atoms with E-state index in [1.807, 2.05) is 79.7 Å². The van der Waals surface area contributed by atoms with Gasteiger partial charge in [0.05, 0.1) is 6.61 Å². The summed E-state index contributed by atoms with van der Waals surface area (Å²) in [5.74, 6) is 2.05. The molecular formula is C24H24N2O3. The van der Waals surface area contributed by atoms with E-state index in [1.54, 1.807) is 0 Å². The highest BCUT2D eigenvalue weighted by Gasteiger charge is 2.17. The first kappa shape index (κ1) is 19.2. The molecule has 0 saturated heterocycles. The largest absolute Gasteiger partial charge is 0.457 e. The number of fused-ring (bicyclic) bond motifs is 1. The van der Waals surface area contributed by atoms with Crippen LogP contribution in [0.15, 0.2) is 77.2 Å². The van der Waals surface area contributed by atoms with Crippen molar-refractivity contribution in [3.8, 4) is 23.0 Å². The molecule has 0 aliphatic rings. The van der Waals surface area contributed by atoms with E-state index in [2.05, 4.69) is 4.98 Å². The van der Waals surface area contributed by atoms with E-state index in [1.165, 1.54) is 0 Å². The molecule has 148 valence electrons. The Morgan fingerprint density at radius 2 is 1.79 bits per heavy atom. The summed E-state index contributed by atoms with van der Waals surface area (Å²) in [4.78, 5) is 4.65. The van der Waals surface area contributed by atoms with Crippen molar-refractivity contribution in [2.45, 2.75) is 25.3 Å². The first-order chi connectivity index (χ1) is 14.0. The number of nitrogens with two attached hydrogens (primary N) is 1. The Morgan fingerprint density at radius 1 is 1.00 bits per heavy atom. The van der Waals surface area contributed by atoms with Crippen LogP contribution in [0.25, 0.3) is 22.6 Å². The Kier molecular flexibility index (Phi) is 5.34. The second-order valence-electron chi connectivity index (χ2n) is 7.58. The van der Waals surface area contributed by atoms with E-state index in [-0.39, 0.29) is 6.61 Å². The van der Waals surface area contributed by atoms with Crippen molar-refractivity contribution in [2.24, 2.45) is 5.73 Å². The summed E-state index contributed by atoms with van der Waals surface area (Å²) in [5, 5.41) is 9.33. The number of para-hydroxylation sites is 1. The normalized spacial score (nSPS) is 13.3. The topological polar surface area (TPSA) is 81.5 Å². The molecule has 5 heteroatoms. The molecule has 0 amide bonds. The number of hydrogen-bond donors (Lipinski definition) is 2. The molecule has 1 aromatic heterocycles.